The Labute approximate surface area is 420 Å². The number of aryl methyl sites for hydroxylation is 2. The SMILES string of the molecule is O=C(CNC(=O)c1cc(Cl)c(C(=O)O)c(C2=c3cc4c5c(c3Oc3c2cc2c6c3CCCN6CCC2)CCC[N+]=5CCC4)c1Cl)NCc1ccc(-c2c3ccc(=O)cc-3oc3cc(O)ccc23)c(C(=O)O)c1. The Balaban J connectivity index is 0.884. The van der Waals surface area contributed by atoms with Crippen LogP contribution in [0.4, 0.5) is 5.69 Å². The minimum absolute atomic E-state index is 0.0774. The monoisotopic (exact) mass is 1000 g/mol. The number of rotatable bonds is 9. The maximum absolute atomic E-state index is 14.3. The molecule has 5 N–H and O–H groups in total. The molecule has 6 aliphatic heterocycles. The number of nitrogens with zero attached hydrogens (tertiary/aromatic N) is 2. The molecule has 0 spiro atoms. The number of carboxylic acid groups (broad SMARTS) is 2. The van der Waals surface area contributed by atoms with Crippen molar-refractivity contribution in [2.24, 2.45) is 0 Å². The number of anilines is 1. The van der Waals surface area contributed by atoms with E-state index >= 15 is 0 Å². The summed E-state index contributed by atoms with van der Waals surface area (Å²) in [5, 5.41) is 39.0. The topological polar surface area (TPSA) is 199 Å². The number of hydrogen-bond acceptors (Lipinski definition) is 9. The van der Waals surface area contributed by atoms with Crippen LogP contribution in [0.1, 0.15) is 95.7 Å². The Morgan fingerprint density at radius 3 is 2.29 bits per heavy atom. The standard InChI is InChI=1S/C56H44Cl2N4O10/c57-41-24-40(54(66)60-26-44(65)59-25-27-9-12-32(37(19-27)55(67)68)45-33-13-10-30(63)22-42(33)71-43-23-31(64)11-14-34(43)45)49(58)48(47(41)56(69)70)46-38-20-28-5-1-15-61-17-3-7-35(50(28)61)52(38)72-53-36-8-4-18-62-16-2-6-29(51(36)62)21-39(46)53/h9-14,19-24H,1-8,15-18,25-26H2,(H4-,59,60,63,64,65,66,67,68,69,70)/p+1. The quantitative estimate of drug-likeness (QED) is 0.0711. The number of phenols is 1. The van der Waals surface area contributed by atoms with E-state index in [0.717, 1.165) is 99.8 Å². The van der Waals surface area contributed by atoms with E-state index in [9.17, 15) is 39.3 Å². The lowest BCUT2D eigenvalue weighted by Crippen LogP contribution is -2.45. The number of carbonyl (C=O) groups excluding carboxylic acids is 2. The van der Waals surface area contributed by atoms with Gasteiger partial charge in [0, 0.05) is 99.9 Å². The van der Waals surface area contributed by atoms with Crippen LogP contribution in [0.5, 0.6) is 17.2 Å². The smallest absolute Gasteiger partial charge is 0.337 e. The molecular weight excluding hydrogens is 960 g/mol. The molecule has 0 fully saturated rings. The molecule has 14 nitrogen and oxygen atoms in total. The van der Waals surface area contributed by atoms with Gasteiger partial charge in [0.2, 0.25) is 11.3 Å². The van der Waals surface area contributed by atoms with Gasteiger partial charge in [-0.3, -0.25) is 14.4 Å². The van der Waals surface area contributed by atoms with Crippen molar-refractivity contribution < 1.29 is 43.7 Å². The van der Waals surface area contributed by atoms with E-state index in [0.29, 0.717) is 55.5 Å². The third-order valence-corrected chi connectivity index (χ3v) is 15.5. The Bertz CT molecular complexity index is 3760. The Morgan fingerprint density at radius 1 is 0.722 bits per heavy atom. The minimum atomic E-state index is -1.32. The number of carbonyl (C=O) groups is 4. The first kappa shape index (κ1) is 45.5. The minimum Gasteiger partial charge on any atom is -0.508 e. The number of phenolic OH excluding ortho intramolecular Hbond substituents is 1. The molecule has 2 amide bonds. The molecule has 0 atom stereocenters. The molecule has 0 saturated carbocycles. The molecule has 0 bridgehead atoms. The molecule has 5 aromatic rings. The number of benzene rings is 6. The zero-order chi connectivity index (χ0) is 49.7. The molecule has 0 unspecified atom stereocenters. The summed E-state index contributed by atoms with van der Waals surface area (Å²) in [5.74, 6) is -2.46. The highest BCUT2D eigenvalue weighted by molar-refractivity contribution is 6.40. The molecule has 0 aromatic heterocycles. The third kappa shape index (κ3) is 7.45. The molecular formula is C56H45Cl2N4O10+. The maximum atomic E-state index is 14.3. The van der Waals surface area contributed by atoms with Crippen molar-refractivity contribution in [1.29, 1.82) is 0 Å². The molecule has 6 heterocycles. The number of aromatic hydroxyl groups is 1. The van der Waals surface area contributed by atoms with Gasteiger partial charge in [-0.05, 0) is 104 Å². The van der Waals surface area contributed by atoms with Gasteiger partial charge >= 0.3 is 11.9 Å². The zero-order valence-electron chi connectivity index (χ0n) is 38.7. The van der Waals surface area contributed by atoms with Crippen LogP contribution in [0, 0.1) is 0 Å². The van der Waals surface area contributed by atoms with Crippen LogP contribution in [-0.4, -0.2) is 71.8 Å². The second kappa shape index (κ2) is 17.6. The summed E-state index contributed by atoms with van der Waals surface area (Å²) in [4.78, 5) is 68.7. The zero-order valence-corrected chi connectivity index (χ0v) is 40.2. The lowest BCUT2D eigenvalue weighted by atomic mass is 9.81. The number of ether oxygens (including phenoxy) is 1. The third-order valence-electron chi connectivity index (χ3n) is 14.8. The van der Waals surface area contributed by atoms with Crippen LogP contribution < -0.4 is 40.9 Å². The van der Waals surface area contributed by atoms with Gasteiger partial charge in [-0.1, -0.05) is 35.3 Å². The summed E-state index contributed by atoms with van der Waals surface area (Å²) >= 11 is 14.3. The summed E-state index contributed by atoms with van der Waals surface area (Å²) in [5.41, 5.74) is 8.17. The average Bonchev–Trinajstić information content (AvgIpc) is 3.37. The number of carboxylic acids is 2. The van der Waals surface area contributed by atoms with Gasteiger partial charge in [0.25, 0.3) is 5.91 Å². The van der Waals surface area contributed by atoms with E-state index in [1.165, 1.54) is 47.4 Å². The normalized spacial score (nSPS) is 15.3. The second-order valence-corrected chi connectivity index (χ2v) is 19.9. The number of fused-ring (bicyclic) bond motifs is 6. The van der Waals surface area contributed by atoms with Gasteiger partial charge < -0.3 is 40.0 Å². The predicted molar refractivity (Wildman–Crippen MR) is 271 cm³/mol. The van der Waals surface area contributed by atoms with Crippen molar-refractivity contribution in [3.8, 4) is 39.7 Å². The van der Waals surface area contributed by atoms with Crippen LogP contribution in [0.15, 0.2) is 82.0 Å². The van der Waals surface area contributed by atoms with Crippen molar-refractivity contribution in [3.63, 3.8) is 0 Å². The van der Waals surface area contributed by atoms with E-state index in [2.05, 4.69) is 32.2 Å². The first-order valence-corrected chi connectivity index (χ1v) is 24.9. The van der Waals surface area contributed by atoms with Crippen LogP contribution >= 0.6 is 23.2 Å². The molecule has 0 radical (unpaired) electrons. The highest BCUT2D eigenvalue weighted by Gasteiger charge is 2.38. The van der Waals surface area contributed by atoms with Gasteiger partial charge in [-0.15, -0.1) is 0 Å². The highest BCUT2D eigenvalue weighted by atomic mass is 35.5. The Morgan fingerprint density at radius 2 is 1.49 bits per heavy atom. The van der Waals surface area contributed by atoms with Crippen molar-refractivity contribution in [1.82, 2.24) is 15.2 Å². The van der Waals surface area contributed by atoms with E-state index in [4.69, 9.17) is 32.4 Å². The number of nitrogens with one attached hydrogen (secondary N) is 2. The van der Waals surface area contributed by atoms with Crippen LogP contribution in [0.2, 0.25) is 10.0 Å². The summed E-state index contributed by atoms with van der Waals surface area (Å²) in [6.45, 7) is 3.16. The maximum Gasteiger partial charge on any atom is 0.337 e. The lowest BCUT2D eigenvalue weighted by Gasteiger charge is -2.39. The van der Waals surface area contributed by atoms with Crippen LogP contribution in [0.3, 0.4) is 0 Å². The average molecular weight is 1000 g/mol. The van der Waals surface area contributed by atoms with Gasteiger partial charge in [0.15, 0.2) is 5.43 Å². The molecule has 72 heavy (non-hydrogen) atoms. The summed E-state index contributed by atoms with van der Waals surface area (Å²) in [7, 11) is 0. The first-order valence-electron chi connectivity index (χ1n) is 24.1. The molecule has 7 aliphatic rings. The molecule has 5 aromatic carbocycles. The number of aromatic carboxylic acids is 2. The van der Waals surface area contributed by atoms with Crippen LogP contribution in [0.25, 0.3) is 39.0 Å². The largest absolute Gasteiger partial charge is 0.508 e. The summed E-state index contributed by atoms with van der Waals surface area (Å²) < 4.78 is 15.5. The molecule has 1 aliphatic carbocycles. The first-order chi connectivity index (χ1) is 34.8. The van der Waals surface area contributed by atoms with E-state index < -0.39 is 30.3 Å². The van der Waals surface area contributed by atoms with Gasteiger partial charge in [-0.2, -0.15) is 0 Å². The number of amides is 2. The van der Waals surface area contributed by atoms with Crippen LogP contribution in [-0.2, 0) is 37.0 Å². The molecule has 0 saturated heterocycles. The molecule has 16 heteroatoms. The van der Waals surface area contributed by atoms with Crippen molar-refractivity contribution in [2.75, 3.05) is 37.6 Å². The molecule has 12 rings (SSSR count). The fraction of sp³-hybridized carbons (Fsp3) is 0.250. The number of hydrogen-bond donors (Lipinski definition) is 5. The Kier molecular flexibility index (Phi) is 11.1. The van der Waals surface area contributed by atoms with Gasteiger partial charge in [0.05, 0.1) is 38.8 Å². The van der Waals surface area contributed by atoms with E-state index in [1.54, 1.807) is 24.3 Å². The number of halogens is 2. The second-order valence-electron chi connectivity index (χ2n) is 19.1. The fourth-order valence-electron chi connectivity index (χ4n) is 11.8. The van der Waals surface area contributed by atoms with Crippen molar-refractivity contribution in [3.05, 3.63) is 159 Å². The molecule has 362 valence electrons. The summed E-state index contributed by atoms with van der Waals surface area (Å²) in [6.07, 6.45) is 7.05. The highest BCUT2D eigenvalue weighted by Crippen LogP contribution is 2.51. The predicted octanol–water partition coefficient (Wildman–Crippen LogP) is 7.46. The Hall–Kier alpha value is -7.68. The van der Waals surface area contributed by atoms with Gasteiger partial charge in [-0.25, -0.2) is 14.2 Å². The van der Waals surface area contributed by atoms with E-state index in [-0.39, 0.29) is 61.4 Å². The van der Waals surface area contributed by atoms with Gasteiger partial charge in [0.1, 0.15) is 41.7 Å². The lowest BCUT2D eigenvalue weighted by molar-refractivity contribution is -0.120. The fourth-order valence-corrected chi connectivity index (χ4v) is 12.4. The van der Waals surface area contributed by atoms with Crippen molar-refractivity contribution in [2.45, 2.75) is 57.9 Å². The van der Waals surface area contributed by atoms with E-state index in [1.807, 2.05) is 0 Å². The summed E-state index contributed by atoms with van der Waals surface area (Å²) in [6, 6.07) is 18.8. The van der Waals surface area contributed by atoms with Crippen molar-refractivity contribution >= 4 is 69.2 Å².